The van der Waals surface area contributed by atoms with E-state index in [-0.39, 0.29) is 5.91 Å². The van der Waals surface area contributed by atoms with E-state index in [4.69, 9.17) is 0 Å². The summed E-state index contributed by atoms with van der Waals surface area (Å²) in [7, 11) is 0. The summed E-state index contributed by atoms with van der Waals surface area (Å²) in [5.74, 6) is 0.213. The molecule has 0 unspecified atom stereocenters. The van der Waals surface area contributed by atoms with Crippen LogP contribution in [0.25, 0.3) is 10.9 Å². The van der Waals surface area contributed by atoms with Gasteiger partial charge in [0.05, 0.1) is 17.6 Å². The SMILES string of the molecule is Cc1cccc2ccc(CC(=O)N3CCCCC3)nc12. The number of para-hydroxylation sites is 1. The topological polar surface area (TPSA) is 33.2 Å². The average Bonchev–Trinajstić information content (AvgIpc) is 2.49. The Morgan fingerprint density at radius 3 is 2.75 bits per heavy atom. The monoisotopic (exact) mass is 268 g/mol. The second-order valence-electron chi connectivity index (χ2n) is 5.57. The highest BCUT2D eigenvalue weighted by Crippen LogP contribution is 2.17. The molecule has 1 aliphatic rings. The molecule has 1 fully saturated rings. The van der Waals surface area contributed by atoms with Crippen molar-refractivity contribution in [1.29, 1.82) is 0 Å². The molecule has 1 saturated heterocycles. The van der Waals surface area contributed by atoms with Crippen LogP contribution in [0.3, 0.4) is 0 Å². The number of likely N-dealkylation sites (tertiary alicyclic amines) is 1. The van der Waals surface area contributed by atoms with E-state index < -0.39 is 0 Å². The Bertz CT molecular complexity index is 630. The highest BCUT2D eigenvalue weighted by molar-refractivity contribution is 5.83. The number of aromatic nitrogens is 1. The summed E-state index contributed by atoms with van der Waals surface area (Å²) < 4.78 is 0. The van der Waals surface area contributed by atoms with Gasteiger partial charge in [0.15, 0.2) is 0 Å². The zero-order valence-corrected chi connectivity index (χ0v) is 11.9. The fraction of sp³-hybridized carbons (Fsp3) is 0.412. The predicted octanol–water partition coefficient (Wildman–Crippen LogP) is 3.10. The maximum absolute atomic E-state index is 12.3. The number of benzene rings is 1. The Morgan fingerprint density at radius 1 is 1.15 bits per heavy atom. The Kier molecular flexibility index (Phi) is 3.68. The minimum atomic E-state index is 0.213. The number of hydrogen-bond acceptors (Lipinski definition) is 2. The van der Waals surface area contributed by atoms with Crippen molar-refractivity contribution < 1.29 is 4.79 Å². The molecule has 0 saturated carbocycles. The molecular formula is C17H20N2O. The zero-order chi connectivity index (χ0) is 13.9. The van der Waals surface area contributed by atoms with Crippen LogP contribution < -0.4 is 0 Å². The predicted molar refractivity (Wildman–Crippen MR) is 80.6 cm³/mol. The number of aryl methyl sites for hydroxylation is 1. The van der Waals surface area contributed by atoms with Crippen LogP contribution >= 0.6 is 0 Å². The number of carbonyl (C=O) groups is 1. The molecule has 0 bridgehead atoms. The highest BCUT2D eigenvalue weighted by atomic mass is 16.2. The fourth-order valence-electron chi connectivity index (χ4n) is 2.84. The van der Waals surface area contributed by atoms with Crippen molar-refractivity contribution in [2.45, 2.75) is 32.6 Å². The molecule has 3 nitrogen and oxygen atoms in total. The molecule has 1 aromatic heterocycles. The van der Waals surface area contributed by atoms with Gasteiger partial charge in [-0.2, -0.15) is 0 Å². The minimum Gasteiger partial charge on any atom is -0.342 e. The summed E-state index contributed by atoms with van der Waals surface area (Å²) in [5, 5.41) is 1.14. The second-order valence-corrected chi connectivity index (χ2v) is 5.57. The third kappa shape index (κ3) is 2.67. The molecule has 0 radical (unpaired) electrons. The fourth-order valence-corrected chi connectivity index (χ4v) is 2.84. The molecule has 104 valence electrons. The maximum Gasteiger partial charge on any atom is 0.228 e. The Morgan fingerprint density at radius 2 is 1.95 bits per heavy atom. The molecule has 1 aromatic carbocycles. The van der Waals surface area contributed by atoms with Crippen molar-refractivity contribution in [3.8, 4) is 0 Å². The Hall–Kier alpha value is -1.90. The van der Waals surface area contributed by atoms with Gasteiger partial charge in [0.2, 0.25) is 5.91 Å². The molecule has 0 aliphatic carbocycles. The van der Waals surface area contributed by atoms with Gasteiger partial charge < -0.3 is 4.90 Å². The van der Waals surface area contributed by atoms with Crippen molar-refractivity contribution in [3.05, 3.63) is 41.6 Å². The second kappa shape index (κ2) is 5.61. The van der Waals surface area contributed by atoms with E-state index in [1.54, 1.807) is 0 Å². The van der Waals surface area contributed by atoms with Gasteiger partial charge in [-0.05, 0) is 37.8 Å². The normalized spacial score (nSPS) is 15.6. The molecule has 2 aromatic rings. The first kappa shape index (κ1) is 13.1. The highest BCUT2D eigenvalue weighted by Gasteiger charge is 2.17. The third-order valence-corrected chi connectivity index (χ3v) is 4.02. The van der Waals surface area contributed by atoms with Gasteiger partial charge in [0.1, 0.15) is 0 Å². The van der Waals surface area contributed by atoms with Crippen molar-refractivity contribution in [2.75, 3.05) is 13.1 Å². The lowest BCUT2D eigenvalue weighted by atomic mass is 10.1. The first-order valence-electron chi connectivity index (χ1n) is 7.37. The van der Waals surface area contributed by atoms with Crippen molar-refractivity contribution in [1.82, 2.24) is 9.88 Å². The number of rotatable bonds is 2. The van der Waals surface area contributed by atoms with Gasteiger partial charge >= 0.3 is 0 Å². The molecular weight excluding hydrogens is 248 g/mol. The molecule has 0 spiro atoms. The van der Waals surface area contributed by atoms with Crippen LogP contribution in [0.1, 0.15) is 30.5 Å². The molecule has 20 heavy (non-hydrogen) atoms. The first-order chi connectivity index (χ1) is 9.74. The van der Waals surface area contributed by atoms with E-state index >= 15 is 0 Å². The molecule has 1 amide bonds. The average molecular weight is 268 g/mol. The molecule has 0 N–H and O–H groups in total. The van der Waals surface area contributed by atoms with Crippen LogP contribution in [0.15, 0.2) is 30.3 Å². The van der Waals surface area contributed by atoms with Crippen molar-refractivity contribution in [3.63, 3.8) is 0 Å². The number of piperidine rings is 1. The van der Waals surface area contributed by atoms with Gasteiger partial charge in [-0.3, -0.25) is 9.78 Å². The lowest BCUT2D eigenvalue weighted by Crippen LogP contribution is -2.36. The number of amides is 1. The van der Waals surface area contributed by atoms with E-state index in [2.05, 4.69) is 30.1 Å². The van der Waals surface area contributed by atoms with E-state index in [0.717, 1.165) is 48.1 Å². The van der Waals surface area contributed by atoms with Crippen LogP contribution in [0.4, 0.5) is 0 Å². The summed E-state index contributed by atoms with van der Waals surface area (Å²) in [4.78, 5) is 18.9. The summed E-state index contributed by atoms with van der Waals surface area (Å²) in [5.41, 5.74) is 3.05. The standard InChI is InChI=1S/C17H20N2O/c1-13-6-5-7-14-8-9-15(18-17(13)14)12-16(20)19-10-3-2-4-11-19/h5-9H,2-4,10-12H2,1H3. The maximum atomic E-state index is 12.3. The molecule has 1 aliphatic heterocycles. The van der Waals surface area contributed by atoms with E-state index in [1.807, 2.05) is 17.0 Å². The van der Waals surface area contributed by atoms with Gasteiger partial charge in [0.25, 0.3) is 0 Å². The van der Waals surface area contributed by atoms with Crippen LogP contribution in [0.2, 0.25) is 0 Å². The lowest BCUT2D eigenvalue weighted by molar-refractivity contribution is -0.131. The molecule has 3 heteroatoms. The first-order valence-corrected chi connectivity index (χ1v) is 7.37. The number of pyridine rings is 1. The third-order valence-electron chi connectivity index (χ3n) is 4.02. The van der Waals surface area contributed by atoms with Crippen molar-refractivity contribution >= 4 is 16.8 Å². The summed E-state index contributed by atoms with van der Waals surface area (Å²) in [6, 6.07) is 10.2. The van der Waals surface area contributed by atoms with E-state index in [0.29, 0.717) is 6.42 Å². The summed E-state index contributed by atoms with van der Waals surface area (Å²) in [6.45, 7) is 3.88. The number of nitrogens with zero attached hydrogens (tertiary/aromatic N) is 2. The van der Waals surface area contributed by atoms with Crippen LogP contribution in [-0.2, 0) is 11.2 Å². The molecule has 0 atom stereocenters. The van der Waals surface area contributed by atoms with Crippen molar-refractivity contribution in [2.24, 2.45) is 0 Å². The largest absolute Gasteiger partial charge is 0.342 e. The zero-order valence-electron chi connectivity index (χ0n) is 11.9. The van der Waals surface area contributed by atoms with Gasteiger partial charge in [-0.1, -0.05) is 24.3 Å². The lowest BCUT2D eigenvalue weighted by Gasteiger charge is -2.26. The smallest absolute Gasteiger partial charge is 0.228 e. The number of hydrogen-bond donors (Lipinski definition) is 0. The summed E-state index contributed by atoms with van der Waals surface area (Å²) >= 11 is 0. The summed E-state index contributed by atoms with van der Waals surface area (Å²) in [6.07, 6.45) is 3.94. The van der Waals surface area contributed by atoms with Crippen LogP contribution in [0.5, 0.6) is 0 Å². The van der Waals surface area contributed by atoms with Crippen LogP contribution in [0, 0.1) is 6.92 Å². The molecule has 2 heterocycles. The van der Waals surface area contributed by atoms with Gasteiger partial charge in [-0.15, -0.1) is 0 Å². The van der Waals surface area contributed by atoms with E-state index in [9.17, 15) is 4.79 Å². The quantitative estimate of drug-likeness (QED) is 0.838. The van der Waals surface area contributed by atoms with Gasteiger partial charge in [0, 0.05) is 18.5 Å². The van der Waals surface area contributed by atoms with Crippen LogP contribution in [-0.4, -0.2) is 28.9 Å². The number of carbonyl (C=O) groups excluding carboxylic acids is 1. The van der Waals surface area contributed by atoms with E-state index in [1.165, 1.54) is 6.42 Å². The Balaban J connectivity index is 1.80. The molecule has 3 rings (SSSR count). The van der Waals surface area contributed by atoms with Gasteiger partial charge in [-0.25, -0.2) is 0 Å². The minimum absolute atomic E-state index is 0.213. The number of fused-ring (bicyclic) bond motifs is 1. The Labute approximate surface area is 119 Å².